The molecule has 1 aromatic heterocycles. The van der Waals surface area contributed by atoms with E-state index < -0.39 is 0 Å². The summed E-state index contributed by atoms with van der Waals surface area (Å²) in [5.41, 5.74) is 5.59. The molecule has 0 saturated heterocycles. The van der Waals surface area contributed by atoms with Crippen LogP contribution in [0.3, 0.4) is 0 Å². The lowest BCUT2D eigenvalue weighted by Gasteiger charge is -2.04. The lowest BCUT2D eigenvalue weighted by Crippen LogP contribution is -2.08. The van der Waals surface area contributed by atoms with Gasteiger partial charge < -0.3 is 11.1 Å². The highest BCUT2D eigenvalue weighted by Gasteiger charge is 2.32. The number of nitrogens with one attached hydrogen (secondary N) is 1. The molecule has 1 heterocycles. The summed E-state index contributed by atoms with van der Waals surface area (Å²) < 4.78 is 0.719. The third-order valence-electron chi connectivity index (χ3n) is 2.51. The molecule has 1 saturated carbocycles. The van der Waals surface area contributed by atoms with Gasteiger partial charge in [-0.1, -0.05) is 6.92 Å². The lowest BCUT2D eigenvalue weighted by atomic mass is 10.3. The van der Waals surface area contributed by atoms with Gasteiger partial charge in [0.05, 0.1) is 0 Å². The molecular formula is C9H13BrN4. The highest BCUT2D eigenvalue weighted by Crippen LogP contribution is 2.37. The van der Waals surface area contributed by atoms with Crippen LogP contribution >= 0.6 is 15.9 Å². The lowest BCUT2D eigenvalue weighted by molar-refractivity contribution is 0.780. The Morgan fingerprint density at radius 1 is 1.64 bits per heavy atom. The maximum absolute atomic E-state index is 5.59. The van der Waals surface area contributed by atoms with Gasteiger partial charge in [0.25, 0.3) is 0 Å². The largest absolute Gasteiger partial charge is 0.383 e. The predicted octanol–water partition coefficient (Wildman–Crippen LogP) is 1.89. The van der Waals surface area contributed by atoms with E-state index in [4.69, 9.17) is 5.73 Å². The number of nitrogen functional groups attached to an aromatic ring is 1. The molecule has 2 unspecified atom stereocenters. The Kier molecular flexibility index (Phi) is 2.58. The second kappa shape index (κ2) is 3.73. The van der Waals surface area contributed by atoms with Crippen LogP contribution in [0.15, 0.2) is 10.7 Å². The van der Waals surface area contributed by atoms with Crippen molar-refractivity contribution in [1.29, 1.82) is 0 Å². The summed E-state index contributed by atoms with van der Waals surface area (Å²) in [5.74, 6) is 2.71. The summed E-state index contributed by atoms with van der Waals surface area (Å²) in [6, 6.07) is 1.69. The first-order valence-corrected chi connectivity index (χ1v) is 5.48. The fourth-order valence-electron chi connectivity index (χ4n) is 1.42. The van der Waals surface area contributed by atoms with E-state index in [0.29, 0.717) is 11.8 Å². The first kappa shape index (κ1) is 9.71. The molecule has 1 fully saturated rings. The molecule has 14 heavy (non-hydrogen) atoms. The standard InChI is InChI=1S/C9H13BrN4/c1-5-2-6(5)4-12-9-13-7(10)3-8(11)14-9/h3,5-6H,2,4H2,1H3,(H3,11,12,13,14). The van der Waals surface area contributed by atoms with E-state index in [0.717, 1.165) is 23.0 Å². The Labute approximate surface area is 91.4 Å². The molecule has 2 atom stereocenters. The van der Waals surface area contributed by atoms with E-state index in [9.17, 15) is 0 Å². The summed E-state index contributed by atoms with van der Waals surface area (Å²) in [6.45, 7) is 3.19. The van der Waals surface area contributed by atoms with Crippen LogP contribution in [0, 0.1) is 11.8 Å². The van der Waals surface area contributed by atoms with E-state index in [1.54, 1.807) is 6.07 Å². The molecule has 0 amide bonds. The molecule has 0 bridgehead atoms. The molecule has 1 aliphatic rings. The number of aromatic nitrogens is 2. The maximum atomic E-state index is 5.59. The molecule has 0 spiro atoms. The summed E-state index contributed by atoms with van der Waals surface area (Å²) >= 11 is 3.28. The van der Waals surface area contributed by atoms with Crippen molar-refractivity contribution >= 4 is 27.7 Å². The van der Waals surface area contributed by atoms with Crippen molar-refractivity contribution in [2.24, 2.45) is 11.8 Å². The van der Waals surface area contributed by atoms with Crippen LogP contribution in [0.1, 0.15) is 13.3 Å². The van der Waals surface area contributed by atoms with Crippen molar-refractivity contribution in [2.45, 2.75) is 13.3 Å². The zero-order valence-corrected chi connectivity index (χ0v) is 9.58. The Balaban J connectivity index is 1.95. The molecule has 1 aliphatic carbocycles. The third kappa shape index (κ3) is 2.35. The Morgan fingerprint density at radius 3 is 2.93 bits per heavy atom. The average molecular weight is 257 g/mol. The van der Waals surface area contributed by atoms with Gasteiger partial charge in [-0.2, -0.15) is 4.98 Å². The molecule has 5 heteroatoms. The SMILES string of the molecule is CC1CC1CNc1nc(N)cc(Br)n1. The molecule has 0 radical (unpaired) electrons. The molecule has 76 valence electrons. The van der Waals surface area contributed by atoms with Crippen LogP contribution < -0.4 is 11.1 Å². The molecule has 4 nitrogen and oxygen atoms in total. The maximum Gasteiger partial charge on any atom is 0.225 e. The number of anilines is 2. The van der Waals surface area contributed by atoms with E-state index in [2.05, 4.69) is 38.1 Å². The molecule has 1 aromatic rings. The fraction of sp³-hybridized carbons (Fsp3) is 0.556. The molecule has 2 rings (SSSR count). The van der Waals surface area contributed by atoms with Gasteiger partial charge in [0.1, 0.15) is 10.4 Å². The van der Waals surface area contributed by atoms with Gasteiger partial charge in [-0.05, 0) is 34.2 Å². The quantitative estimate of drug-likeness (QED) is 0.811. The zero-order valence-electron chi connectivity index (χ0n) is 8.00. The Morgan fingerprint density at radius 2 is 2.36 bits per heavy atom. The Hall–Kier alpha value is -0.840. The predicted molar refractivity (Wildman–Crippen MR) is 59.9 cm³/mol. The van der Waals surface area contributed by atoms with Crippen molar-refractivity contribution in [3.05, 3.63) is 10.7 Å². The minimum Gasteiger partial charge on any atom is -0.383 e. The average Bonchev–Trinajstić information content (AvgIpc) is 2.77. The second-order valence-electron chi connectivity index (χ2n) is 3.79. The van der Waals surface area contributed by atoms with E-state index in [1.165, 1.54) is 6.42 Å². The highest BCUT2D eigenvalue weighted by molar-refractivity contribution is 9.10. The summed E-state index contributed by atoms with van der Waals surface area (Å²) in [6.07, 6.45) is 1.30. The number of rotatable bonds is 3. The Bertz CT molecular complexity index is 321. The van der Waals surface area contributed by atoms with E-state index in [-0.39, 0.29) is 0 Å². The summed E-state index contributed by atoms with van der Waals surface area (Å²) in [7, 11) is 0. The van der Waals surface area contributed by atoms with E-state index in [1.807, 2.05) is 0 Å². The first-order chi connectivity index (χ1) is 6.65. The number of nitrogens with zero attached hydrogens (tertiary/aromatic N) is 2. The third-order valence-corrected chi connectivity index (χ3v) is 2.92. The van der Waals surface area contributed by atoms with Gasteiger partial charge in [0.2, 0.25) is 5.95 Å². The summed E-state index contributed by atoms with van der Waals surface area (Å²) in [4.78, 5) is 8.26. The van der Waals surface area contributed by atoms with Crippen molar-refractivity contribution in [2.75, 3.05) is 17.6 Å². The van der Waals surface area contributed by atoms with Crippen molar-refractivity contribution < 1.29 is 0 Å². The minimum absolute atomic E-state index is 0.484. The zero-order chi connectivity index (χ0) is 10.1. The first-order valence-electron chi connectivity index (χ1n) is 4.69. The van der Waals surface area contributed by atoms with Crippen LogP contribution in [0.2, 0.25) is 0 Å². The van der Waals surface area contributed by atoms with Gasteiger partial charge >= 0.3 is 0 Å². The van der Waals surface area contributed by atoms with Crippen LogP contribution in [0.5, 0.6) is 0 Å². The minimum atomic E-state index is 0.484. The fourth-order valence-corrected chi connectivity index (χ4v) is 1.82. The smallest absolute Gasteiger partial charge is 0.225 e. The topological polar surface area (TPSA) is 63.8 Å². The second-order valence-corrected chi connectivity index (χ2v) is 4.61. The van der Waals surface area contributed by atoms with Crippen LogP contribution in [-0.2, 0) is 0 Å². The van der Waals surface area contributed by atoms with Crippen LogP contribution in [0.25, 0.3) is 0 Å². The van der Waals surface area contributed by atoms with Crippen LogP contribution in [0.4, 0.5) is 11.8 Å². The van der Waals surface area contributed by atoms with Crippen molar-refractivity contribution in [3.63, 3.8) is 0 Å². The van der Waals surface area contributed by atoms with Crippen molar-refractivity contribution in [1.82, 2.24) is 9.97 Å². The molecule has 0 aliphatic heterocycles. The highest BCUT2D eigenvalue weighted by atomic mass is 79.9. The molecule has 0 aromatic carbocycles. The van der Waals surface area contributed by atoms with Crippen LogP contribution in [-0.4, -0.2) is 16.5 Å². The molecule has 3 N–H and O–H groups in total. The number of hydrogen-bond donors (Lipinski definition) is 2. The number of nitrogens with two attached hydrogens (primary N) is 1. The number of halogens is 1. The van der Waals surface area contributed by atoms with Gasteiger partial charge in [0.15, 0.2) is 0 Å². The normalized spacial score (nSPS) is 24.7. The summed E-state index contributed by atoms with van der Waals surface area (Å²) in [5, 5.41) is 3.19. The van der Waals surface area contributed by atoms with E-state index >= 15 is 0 Å². The van der Waals surface area contributed by atoms with Crippen molar-refractivity contribution in [3.8, 4) is 0 Å². The number of hydrogen-bond acceptors (Lipinski definition) is 4. The monoisotopic (exact) mass is 256 g/mol. The van der Waals surface area contributed by atoms with Gasteiger partial charge in [-0.15, -0.1) is 0 Å². The molecular weight excluding hydrogens is 244 g/mol. The van der Waals surface area contributed by atoms with Gasteiger partial charge in [-0.25, -0.2) is 4.98 Å². The van der Waals surface area contributed by atoms with Gasteiger partial charge in [0, 0.05) is 12.6 Å². The van der Waals surface area contributed by atoms with Gasteiger partial charge in [-0.3, -0.25) is 0 Å².